The van der Waals surface area contributed by atoms with Crippen molar-refractivity contribution < 1.29 is 9.72 Å². The highest BCUT2D eigenvalue weighted by Gasteiger charge is 2.33. The van der Waals surface area contributed by atoms with Crippen molar-refractivity contribution in [3.05, 3.63) is 101 Å². The SMILES string of the molecule is Cc1cc(=O)[nH]c(Sc2ccc(C=Nc3sc4c(c3C(=O)Nc3ccc(Cl)cc3)CC[C@@H](C(C)(C)C)C4)cc2[N+](=O)[O-])n1. The summed E-state index contributed by atoms with van der Waals surface area (Å²) in [7, 11) is 0. The fourth-order valence-electron chi connectivity index (χ4n) is 5.04. The number of H-pyrrole nitrogens is 1. The zero-order valence-electron chi connectivity index (χ0n) is 24.1. The molecule has 2 aromatic heterocycles. The summed E-state index contributed by atoms with van der Waals surface area (Å²) < 4.78 is 0. The highest BCUT2D eigenvalue weighted by molar-refractivity contribution is 7.99. The zero-order valence-corrected chi connectivity index (χ0v) is 26.5. The monoisotopic (exact) mass is 635 g/mol. The standard InChI is InChI=1S/C31H30ClN5O4S2/c1-17-13-26(38)36-30(34-17)43-24-12-5-18(14-23(24)37(40)41)16-33-29-27(28(39)35-21-9-7-20(32)8-10-21)22-11-6-19(31(2,3)4)15-25(22)42-29/h5,7-10,12-14,16,19H,6,11,15H2,1-4H3,(H,35,39)(H,34,36,38)/t19-/m1/s1. The van der Waals surface area contributed by atoms with Gasteiger partial charge in [0.15, 0.2) is 5.16 Å². The Labute approximate surface area is 262 Å². The number of anilines is 1. The lowest BCUT2D eigenvalue weighted by molar-refractivity contribution is -0.387. The van der Waals surface area contributed by atoms with Crippen LogP contribution in [0.25, 0.3) is 0 Å². The Morgan fingerprint density at radius 2 is 1.98 bits per heavy atom. The summed E-state index contributed by atoms with van der Waals surface area (Å²) in [4.78, 5) is 50.0. The van der Waals surface area contributed by atoms with Crippen molar-refractivity contribution in [2.45, 2.75) is 57.0 Å². The van der Waals surface area contributed by atoms with E-state index in [1.807, 2.05) is 0 Å². The van der Waals surface area contributed by atoms with E-state index >= 15 is 0 Å². The molecule has 1 atom stereocenters. The Morgan fingerprint density at radius 1 is 1.23 bits per heavy atom. The number of hydrogen-bond donors (Lipinski definition) is 2. The molecule has 2 heterocycles. The van der Waals surface area contributed by atoms with E-state index in [1.165, 1.54) is 23.5 Å². The molecule has 1 amide bonds. The van der Waals surface area contributed by atoms with Gasteiger partial charge in [0.1, 0.15) is 5.00 Å². The number of nitro groups is 1. The molecule has 0 unspecified atom stereocenters. The topological polar surface area (TPSA) is 130 Å². The smallest absolute Gasteiger partial charge is 0.283 e. The maximum atomic E-state index is 13.6. The molecule has 9 nitrogen and oxygen atoms in total. The van der Waals surface area contributed by atoms with Crippen molar-refractivity contribution in [2.75, 3.05) is 5.32 Å². The third-order valence-electron chi connectivity index (χ3n) is 7.37. The Morgan fingerprint density at radius 3 is 2.65 bits per heavy atom. The number of benzene rings is 2. The first kappa shape index (κ1) is 30.7. The summed E-state index contributed by atoms with van der Waals surface area (Å²) in [5, 5.41) is 16.3. The second-order valence-electron chi connectivity index (χ2n) is 11.5. The quantitative estimate of drug-likeness (QED) is 0.0915. The van der Waals surface area contributed by atoms with Crippen LogP contribution >= 0.6 is 34.7 Å². The molecule has 222 valence electrons. The van der Waals surface area contributed by atoms with Crippen LogP contribution in [0.4, 0.5) is 16.4 Å². The lowest BCUT2D eigenvalue weighted by Gasteiger charge is -2.33. The molecule has 12 heteroatoms. The second-order valence-corrected chi connectivity index (χ2v) is 14.0. The van der Waals surface area contributed by atoms with E-state index in [2.05, 4.69) is 36.1 Å². The molecule has 0 saturated carbocycles. The minimum Gasteiger partial charge on any atom is -0.322 e. The molecular weight excluding hydrogens is 606 g/mol. The molecule has 0 fully saturated rings. The first-order valence-electron chi connectivity index (χ1n) is 13.7. The molecule has 0 saturated heterocycles. The van der Waals surface area contributed by atoms with Crippen LogP contribution in [0.1, 0.15) is 59.2 Å². The minimum absolute atomic E-state index is 0.135. The molecule has 2 aromatic carbocycles. The molecule has 0 bridgehead atoms. The summed E-state index contributed by atoms with van der Waals surface area (Å²) in [5.74, 6) is 0.228. The predicted octanol–water partition coefficient (Wildman–Crippen LogP) is 8.01. The number of carbonyl (C=O) groups is 1. The van der Waals surface area contributed by atoms with Crippen molar-refractivity contribution in [1.82, 2.24) is 9.97 Å². The van der Waals surface area contributed by atoms with E-state index in [0.717, 1.165) is 41.5 Å². The third-order valence-corrected chi connectivity index (χ3v) is 9.73. The zero-order chi connectivity index (χ0) is 30.9. The van der Waals surface area contributed by atoms with Crippen LogP contribution in [0.15, 0.2) is 68.4 Å². The van der Waals surface area contributed by atoms with Crippen molar-refractivity contribution in [2.24, 2.45) is 16.3 Å². The van der Waals surface area contributed by atoms with E-state index in [0.29, 0.717) is 43.3 Å². The highest BCUT2D eigenvalue weighted by atomic mass is 35.5. The number of halogens is 1. The largest absolute Gasteiger partial charge is 0.322 e. The van der Waals surface area contributed by atoms with Gasteiger partial charge in [-0.15, -0.1) is 11.3 Å². The van der Waals surface area contributed by atoms with Gasteiger partial charge in [-0.25, -0.2) is 9.98 Å². The van der Waals surface area contributed by atoms with Crippen LogP contribution < -0.4 is 10.9 Å². The number of fused-ring (bicyclic) bond motifs is 1. The number of thiophene rings is 1. The first-order chi connectivity index (χ1) is 20.4. The summed E-state index contributed by atoms with van der Waals surface area (Å²) in [6, 6.07) is 13.0. The van der Waals surface area contributed by atoms with Crippen LogP contribution in [0.2, 0.25) is 5.02 Å². The fourth-order valence-corrected chi connectivity index (χ4v) is 7.36. The number of nitrogens with one attached hydrogen (secondary N) is 2. The van der Waals surface area contributed by atoms with Gasteiger partial charge >= 0.3 is 0 Å². The first-order valence-corrected chi connectivity index (χ1v) is 15.7. The number of aromatic amines is 1. The summed E-state index contributed by atoms with van der Waals surface area (Å²) in [6.07, 6.45) is 4.17. The second kappa shape index (κ2) is 12.4. The van der Waals surface area contributed by atoms with Gasteiger partial charge in [0, 0.05) is 39.6 Å². The molecule has 4 aromatic rings. The fraction of sp³-hybridized carbons (Fsp3) is 0.290. The van der Waals surface area contributed by atoms with Gasteiger partial charge in [0.25, 0.3) is 17.2 Å². The van der Waals surface area contributed by atoms with Crippen molar-refractivity contribution in [3.8, 4) is 0 Å². The molecule has 0 spiro atoms. The van der Waals surface area contributed by atoms with E-state index < -0.39 is 4.92 Å². The molecule has 43 heavy (non-hydrogen) atoms. The van der Waals surface area contributed by atoms with E-state index in [-0.39, 0.29) is 27.7 Å². The Bertz CT molecular complexity index is 1790. The number of hydrogen-bond acceptors (Lipinski definition) is 8. The average molecular weight is 636 g/mol. The van der Waals surface area contributed by atoms with Crippen LogP contribution in [0, 0.1) is 28.4 Å². The van der Waals surface area contributed by atoms with Crippen LogP contribution in [-0.4, -0.2) is 27.0 Å². The molecule has 1 aliphatic carbocycles. The molecule has 2 N–H and O–H groups in total. The summed E-state index contributed by atoms with van der Waals surface area (Å²) in [5.41, 5.74) is 2.86. The number of aryl methyl sites for hydroxylation is 1. The van der Waals surface area contributed by atoms with Crippen molar-refractivity contribution in [3.63, 3.8) is 0 Å². The Balaban J connectivity index is 1.48. The number of nitrogens with zero attached hydrogens (tertiary/aromatic N) is 3. The van der Waals surface area contributed by atoms with Gasteiger partial charge in [0.2, 0.25) is 0 Å². The number of aromatic nitrogens is 2. The van der Waals surface area contributed by atoms with Crippen LogP contribution in [-0.2, 0) is 12.8 Å². The van der Waals surface area contributed by atoms with Gasteiger partial charge in [-0.3, -0.25) is 19.7 Å². The van der Waals surface area contributed by atoms with E-state index in [1.54, 1.807) is 49.5 Å². The van der Waals surface area contributed by atoms with Crippen LogP contribution in [0.5, 0.6) is 0 Å². The normalized spacial score (nSPS) is 15.0. The lowest BCUT2D eigenvalue weighted by Crippen LogP contribution is -2.27. The highest BCUT2D eigenvalue weighted by Crippen LogP contribution is 2.45. The predicted molar refractivity (Wildman–Crippen MR) is 173 cm³/mol. The van der Waals surface area contributed by atoms with E-state index in [4.69, 9.17) is 16.6 Å². The number of aliphatic imine (C=N–C) groups is 1. The number of rotatable bonds is 7. The molecule has 0 radical (unpaired) electrons. The Hall–Kier alpha value is -3.80. The molecule has 0 aliphatic heterocycles. The van der Waals surface area contributed by atoms with Gasteiger partial charge in [-0.05, 0) is 90.7 Å². The van der Waals surface area contributed by atoms with Crippen LogP contribution in [0.3, 0.4) is 0 Å². The lowest BCUT2D eigenvalue weighted by atomic mass is 9.72. The van der Waals surface area contributed by atoms with Crippen molar-refractivity contribution in [1.29, 1.82) is 0 Å². The third kappa shape index (κ3) is 7.23. The maximum Gasteiger partial charge on any atom is 0.283 e. The maximum absolute atomic E-state index is 13.6. The number of nitro benzene ring substituents is 1. The number of carbonyl (C=O) groups excluding carboxylic acids is 1. The molecule has 1 aliphatic rings. The summed E-state index contributed by atoms with van der Waals surface area (Å²) in [6.45, 7) is 8.41. The molecular formula is C31H30ClN5O4S2. The van der Waals surface area contributed by atoms with Gasteiger partial charge in [-0.2, -0.15) is 0 Å². The van der Waals surface area contributed by atoms with E-state index in [9.17, 15) is 19.7 Å². The Kier molecular flexibility index (Phi) is 8.86. The van der Waals surface area contributed by atoms with Crippen molar-refractivity contribution >= 4 is 63.2 Å². The summed E-state index contributed by atoms with van der Waals surface area (Å²) >= 11 is 8.53. The number of amides is 1. The minimum atomic E-state index is -0.477. The molecule has 5 rings (SSSR count). The van der Waals surface area contributed by atoms with Gasteiger partial charge < -0.3 is 10.3 Å². The average Bonchev–Trinajstić information content (AvgIpc) is 3.30. The van der Waals surface area contributed by atoms with Gasteiger partial charge in [-0.1, -0.05) is 38.4 Å². The van der Waals surface area contributed by atoms with Gasteiger partial charge in [0.05, 0.1) is 15.4 Å².